The summed E-state index contributed by atoms with van der Waals surface area (Å²) in [6, 6.07) is 4.79. The Hall–Kier alpha value is -0.870. The zero-order chi connectivity index (χ0) is 12.8. The van der Waals surface area contributed by atoms with Crippen molar-refractivity contribution < 1.29 is 4.79 Å². The third-order valence-electron chi connectivity index (χ3n) is 2.38. The number of aryl methyl sites for hydroxylation is 1. The van der Waals surface area contributed by atoms with E-state index in [1.807, 2.05) is 20.8 Å². The zero-order valence-corrected chi connectivity index (χ0v) is 11.9. The zero-order valence-electron chi connectivity index (χ0n) is 11.0. The van der Waals surface area contributed by atoms with Gasteiger partial charge in [0.2, 0.25) is 5.91 Å². The molecule has 0 bridgehead atoms. The molecule has 0 saturated carbocycles. The van der Waals surface area contributed by atoms with Crippen molar-refractivity contribution in [2.75, 3.05) is 6.54 Å². The van der Waals surface area contributed by atoms with Crippen LogP contribution in [0, 0.1) is 6.92 Å². The van der Waals surface area contributed by atoms with Crippen LogP contribution in [0.4, 0.5) is 0 Å². The summed E-state index contributed by atoms with van der Waals surface area (Å²) in [6.45, 7) is 8.61. The van der Waals surface area contributed by atoms with Gasteiger partial charge in [0.15, 0.2) is 0 Å². The van der Waals surface area contributed by atoms with Crippen LogP contribution in [0.5, 0.6) is 0 Å². The third-order valence-corrected chi connectivity index (χ3v) is 3.40. The van der Waals surface area contributed by atoms with Crippen molar-refractivity contribution in [2.45, 2.75) is 46.2 Å². The van der Waals surface area contributed by atoms with E-state index in [0.29, 0.717) is 12.6 Å². The summed E-state index contributed by atoms with van der Waals surface area (Å²) in [7, 11) is 0. The summed E-state index contributed by atoms with van der Waals surface area (Å²) >= 11 is 1.79. The summed E-state index contributed by atoms with van der Waals surface area (Å²) < 4.78 is 0. The van der Waals surface area contributed by atoms with Gasteiger partial charge in [-0.25, -0.2) is 0 Å². The molecule has 1 aromatic rings. The first-order valence-corrected chi connectivity index (χ1v) is 6.87. The standard InChI is InChI=1S/C13H22N2OS/c1-9(2)14-8-13(16)15-10(3)7-12-6-5-11(4)17-12/h5-6,9-10,14H,7-8H2,1-4H3,(H,15,16). The monoisotopic (exact) mass is 254 g/mol. The Morgan fingerprint density at radius 3 is 2.59 bits per heavy atom. The van der Waals surface area contributed by atoms with E-state index in [0.717, 1.165) is 6.42 Å². The fourth-order valence-electron chi connectivity index (χ4n) is 1.57. The summed E-state index contributed by atoms with van der Waals surface area (Å²) in [5.74, 6) is 0.0690. The summed E-state index contributed by atoms with van der Waals surface area (Å²) in [6.07, 6.45) is 0.909. The second kappa shape index (κ2) is 6.77. The lowest BCUT2D eigenvalue weighted by atomic mass is 10.2. The van der Waals surface area contributed by atoms with Crippen LogP contribution in [-0.2, 0) is 11.2 Å². The van der Waals surface area contributed by atoms with Crippen molar-refractivity contribution in [3.05, 3.63) is 21.9 Å². The predicted molar refractivity (Wildman–Crippen MR) is 73.5 cm³/mol. The van der Waals surface area contributed by atoms with Gasteiger partial charge in [0.05, 0.1) is 6.54 Å². The molecule has 1 heterocycles. The Morgan fingerprint density at radius 1 is 1.35 bits per heavy atom. The molecule has 1 aromatic heterocycles. The first kappa shape index (κ1) is 14.2. The van der Waals surface area contributed by atoms with Crippen molar-refractivity contribution in [1.29, 1.82) is 0 Å². The van der Waals surface area contributed by atoms with Crippen LogP contribution in [0.15, 0.2) is 12.1 Å². The van der Waals surface area contributed by atoms with E-state index >= 15 is 0 Å². The van der Waals surface area contributed by atoms with Crippen LogP contribution in [0.25, 0.3) is 0 Å². The lowest BCUT2D eigenvalue weighted by Gasteiger charge is -2.14. The lowest BCUT2D eigenvalue weighted by Crippen LogP contribution is -2.41. The molecule has 3 nitrogen and oxygen atoms in total. The molecule has 17 heavy (non-hydrogen) atoms. The number of amides is 1. The Balaban J connectivity index is 2.29. The Labute approximate surface area is 108 Å². The average molecular weight is 254 g/mol. The molecule has 1 atom stereocenters. The molecule has 96 valence electrons. The lowest BCUT2D eigenvalue weighted by molar-refractivity contribution is -0.120. The molecule has 1 unspecified atom stereocenters. The number of hydrogen-bond donors (Lipinski definition) is 2. The molecule has 0 saturated heterocycles. The highest BCUT2D eigenvalue weighted by Crippen LogP contribution is 2.16. The van der Waals surface area contributed by atoms with Crippen molar-refractivity contribution in [1.82, 2.24) is 10.6 Å². The number of carbonyl (C=O) groups excluding carboxylic acids is 1. The Kier molecular flexibility index (Phi) is 5.65. The maximum absolute atomic E-state index is 11.6. The van der Waals surface area contributed by atoms with Crippen molar-refractivity contribution in [2.24, 2.45) is 0 Å². The topological polar surface area (TPSA) is 41.1 Å². The fourth-order valence-corrected chi connectivity index (χ4v) is 2.59. The molecule has 4 heteroatoms. The normalized spacial score (nSPS) is 12.8. The maximum atomic E-state index is 11.6. The molecule has 0 aromatic carbocycles. The number of carbonyl (C=O) groups is 1. The van der Waals surface area contributed by atoms with Crippen LogP contribution >= 0.6 is 11.3 Å². The van der Waals surface area contributed by atoms with Crippen LogP contribution in [0.2, 0.25) is 0 Å². The number of rotatable bonds is 6. The van der Waals surface area contributed by atoms with Gasteiger partial charge in [0, 0.05) is 28.3 Å². The first-order chi connectivity index (χ1) is 7.97. The molecule has 0 spiro atoms. The maximum Gasteiger partial charge on any atom is 0.234 e. The molecular weight excluding hydrogens is 232 g/mol. The van der Waals surface area contributed by atoms with E-state index in [-0.39, 0.29) is 11.9 Å². The van der Waals surface area contributed by atoms with E-state index in [2.05, 4.69) is 29.7 Å². The van der Waals surface area contributed by atoms with Crippen LogP contribution in [0.1, 0.15) is 30.5 Å². The summed E-state index contributed by atoms with van der Waals surface area (Å²) in [4.78, 5) is 14.2. The Bertz CT molecular complexity index is 360. The van der Waals surface area contributed by atoms with E-state index < -0.39 is 0 Å². The van der Waals surface area contributed by atoms with Gasteiger partial charge in [0.25, 0.3) is 0 Å². The van der Waals surface area contributed by atoms with Crippen molar-refractivity contribution in [3.8, 4) is 0 Å². The van der Waals surface area contributed by atoms with Gasteiger partial charge in [0.1, 0.15) is 0 Å². The van der Waals surface area contributed by atoms with Gasteiger partial charge in [-0.2, -0.15) is 0 Å². The number of thiophene rings is 1. The van der Waals surface area contributed by atoms with Gasteiger partial charge >= 0.3 is 0 Å². The third kappa shape index (κ3) is 5.84. The van der Waals surface area contributed by atoms with Crippen molar-refractivity contribution in [3.63, 3.8) is 0 Å². The largest absolute Gasteiger partial charge is 0.352 e. The minimum Gasteiger partial charge on any atom is -0.352 e. The highest BCUT2D eigenvalue weighted by atomic mass is 32.1. The summed E-state index contributed by atoms with van der Waals surface area (Å²) in [5.41, 5.74) is 0. The van der Waals surface area contributed by atoms with Gasteiger partial charge in [-0.15, -0.1) is 11.3 Å². The number of nitrogens with one attached hydrogen (secondary N) is 2. The molecule has 0 aliphatic heterocycles. The van der Waals surface area contributed by atoms with E-state index in [1.165, 1.54) is 9.75 Å². The highest BCUT2D eigenvalue weighted by molar-refractivity contribution is 7.11. The molecule has 2 N–H and O–H groups in total. The first-order valence-electron chi connectivity index (χ1n) is 6.05. The molecular formula is C13H22N2OS. The minimum absolute atomic E-state index is 0.0690. The molecule has 0 radical (unpaired) electrons. The van der Waals surface area contributed by atoms with Crippen LogP contribution in [-0.4, -0.2) is 24.5 Å². The second-order valence-corrected chi connectivity index (χ2v) is 6.09. The average Bonchev–Trinajstić information content (AvgIpc) is 2.60. The number of hydrogen-bond acceptors (Lipinski definition) is 3. The molecule has 0 aliphatic rings. The van der Waals surface area contributed by atoms with E-state index in [1.54, 1.807) is 11.3 Å². The fraction of sp³-hybridized carbons (Fsp3) is 0.615. The van der Waals surface area contributed by atoms with Crippen LogP contribution < -0.4 is 10.6 Å². The predicted octanol–water partition coefficient (Wildman–Crippen LogP) is 2.10. The van der Waals surface area contributed by atoms with Gasteiger partial charge in [-0.3, -0.25) is 4.79 Å². The second-order valence-electron chi connectivity index (χ2n) is 4.72. The van der Waals surface area contributed by atoms with Gasteiger partial charge < -0.3 is 10.6 Å². The Morgan fingerprint density at radius 2 is 2.06 bits per heavy atom. The molecule has 1 rings (SSSR count). The van der Waals surface area contributed by atoms with Crippen LogP contribution in [0.3, 0.4) is 0 Å². The van der Waals surface area contributed by atoms with E-state index in [4.69, 9.17) is 0 Å². The van der Waals surface area contributed by atoms with Gasteiger partial charge in [-0.1, -0.05) is 13.8 Å². The smallest absolute Gasteiger partial charge is 0.234 e. The summed E-state index contributed by atoms with van der Waals surface area (Å²) in [5, 5.41) is 6.11. The molecule has 0 fully saturated rings. The van der Waals surface area contributed by atoms with Crippen molar-refractivity contribution >= 4 is 17.2 Å². The van der Waals surface area contributed by atoms with E-state index in [9.17, 15) is 4.79 Å². The highest BCUT2D eigenvalue weighted by Gasteiger charge is 2.09. The SMILES string of the molecule is Cc1ccc(CC(C)NC(=O)CNC(C)C)s1. The van der Waals surface area contributed by atoms with Gasteiger partial charge in [-0.05, 0) is 26.0 Å². The molecule has 0 aliphatic carbocycles. The minimum atomic E-state index is 0.0690. The quantitative estimate of drug-likeness (QED) is 0.816. The molecule has 1 amide bonds.